The van der Waals surface area contributed by atoms with Crippen molar-refractivity contribution in [1.29, 1.82) is 0 Å². The van der Waals surface area contributed by atoms with Gasteiger partial charge >= 0.3 is 5.97 Å². The Morgan fingerprint density at radius 1 is 1.32 bits per heavy atom. The van der Waals surface area contributed by atoms with Crippen LogP contribution in [0.15, 0.2) is 22.6 Å². The van der Waals surface area contributed by atoms with E-state index in [-0.39, 0.29) is 16.7 Å². The van der Waals surface area contributed by atoms with E-state index in [1.54, 1.807) is 31.0 Å². The minimum atomic E-state index is -0.137. The zero-order valence-electron chi connectivity index (χ0n) is 16.3. The summed E-state index contributed by atoms with van der Waals surface area (Å²) in [5, 5.41) is 4.50. The SMILES string of the molecule is CCOC(=O)[C@@H]1CCCN(Cn2nc(-c3ccc(OC)c(OC)c3)oc2=S)C1. The molecule has 0 radical (unpaired) electrons. The van der Waals surface area contributed by atoms with E-state index < -0.39 is 0 Å². The third kappa shape index (κ3) is 4.53. The lowest BCUT2D eigenvalue weighted by atomic mass is 9.99. The molecule has 1 atom stereocenters. The highest BCUT2D eigenvalue weighted by Gasteiger charge is 2.27. The second kappa shape index (κ2) is 9.20. The van der Waals surface area contributed by atoms with E-state index in [9.17, 15) is 4.79 Å². The van der Waals surface area contributed by atoms with Gasteiger partial charge in [-0.15, -0.1) is 5.10 Å². The molecular formula is C19H25N3O5S. The topological polar surface area (TPSA) is 79.0 Å². The number of aromatic nitrogens is 2. The summed E-state index contributed by atoms with van der Waals surface area (Å²) in [7, 11) is 3.16. The number of piperidine rings is 1. The summed E-state index contributed by atoms with van der Waals surface area (Å²) in [5.41, 5.74) is 0.741. The molecule has 0 N–H and O–H groups in total. The van der Waals surface area contributed by atoms with Crippen LogP contribution in [0, 0.1) is 10.8 Å². The second-order valence-corrected chi connectivity index (χ2v) is 6.90. The van der Waals surface area contributed by atoms with Crippen LogP contribution in [0.5, 0.6) is 11.5 Å². The Hall–Kier alpha value is -2.39. The van der Waals surface area contributed by atoms with Crippen molar-refractivity contribution in [2.75, 3.05) is 33.9 Å². The molecule has 1 aliphatic heterocycles. The van der Waals surface area contributed by atoms with Crippen LogP contribution in [0.1, 0.15) is 19.8 Å². The van der Waals surface area contributed by atoms with E-state index in [1.165, 1.54) is 0 Å². The second-order valence-electron chi connectivity index (χ2n) is 6.55. The summed E-state index contributed by atoms with van der Waals surface area (Å²) in [6.07, 6.45) is 1.77. The first-order valence-electron chi connectivity index (χ1n) is 9.25. The smallest absolute Gasteiger partial charge is 0.310 e. The normalized spacial score (nSPS) is 17.3. The van der Waals surface area contributed by atoms with Gasteiger partial charge in [0.2, 0.25) is 5.89 Å². The van der Waals surface area contributed by atoms with E-state index in [2.05, 4.69) is 10.00 Å². The first-order chi connectivity index (χ1) is 13.5. The molecular weight excluding hydrogens is 382 g/mol. The fourth-order valence-electron chi connectivity index (χ4n) is 3.31. The van der Waals surface area contributed by atoms with Crippen LogP contribution >= 0.6 is 12.2 Å². The van der Waals surface area contributed by atoms with Crippen molar-refractivity contribution in [3.05, 3.63) is 23.0 Å². The summed E-state index contributed by atoms with van der Waals surface area (Å²) >= 11 is 5.33. The molecule has 1 aromatic heterocycles. The van der Waals surface area contributed by atoms with Gasteiger partial charge in [-0.05, 0) is 56.7 Å². The Morgan fingerprint density at radius 3 is 2.82 bits per heavy atom. The van der Waals surface area contributed by atoms with Gasteiger partial charge in [0, 0.05) is 12.1 Å². The fraction of sp³-hybridized carbons (Fsp3) is 0.526. The van der Waals surface area contributed by atoms with Crippen molar-refractivity contribution in [2.24, 2.45) is 5.92 Å². The molecule has 2 heterocycles. The number of ether oxygens (including phenoxy) is 3. The van der Waals surface area contributed by atoms with Crippen LogP contribution in [-0.2, 0) is 16.2 Å². The molecule has 0 unspecified atom stereocenters. The lowest BCUT2D eigenvalue weighted by Crippen LogP contribution is -2.40. The average Bonchev–Trinajstić information content (AvgIpc) is 3.08. The molecule has 1 fully saturated rings. The molecule has 2 aromatic rings. The van der Waals surface area contributed by atoms with E-state index in [0.717, 1.165) is 24.9 Å². The molecule has 1 aliphatic rings. The van der Waals surface area contributed by atoms with E-state index in [4.69, 9.17) is 30.8 Å². The van der Waals surface area contributed by atoms with Crippen LogP contribution in [0.3, 0.4) is 0 Å². The molecule has 0 amide bonds. The molecule has 9 heteroatoms. The van der Waals surface area contributed by atoms with E-state index in [1.807, 2.05) is 13.0 Å². The Labute approximate surface area is 169 Å². The maximum absolute atomic E-state index is 12.0. The molecule has 152 valence electrons. The highest BCUT2D eigenvalue weighted by atomic mass is 32.1. The Morgan fingerprint density at radius 2 is 2.11 bits per heavy atom. The predicted molar refractivity (Wildman–Crippen MR) is 105 cm³/mol. The third-order valence-electron chi connectivity index (χ3n) is 4.70. The number of benzene rings is 1. The molecule has 0 bridgehead atoms. The number of rotatable bonds is 7. The number of nitrogens with zero attached hydrogens (tertiary/aromatic N) is 3. The number of carbonyl (C=O) groups is 1. The van der Waals surface area contributed by atoms with Gasteiger partial charge < -0.3 is 18.6 Å². The lowest BCUT2D eigenvalue weighted by molar-refractivity contribution is -0.150. The molecule has 28 heavy (non-hydrogen) atoms. The average molecular weight is 407 g/mol. The zero-order chi connectivity index (χ0) is 20.1. The number of carbonyl (C=O) groups excluding carboxylic acids is 1. The van der Waals surface area contributed by atoms with Crippen molar-refractivity contribution in [3.63, 3.8) is 0 Å². The molecule has 0 saturated carbocycles. The zero-order valence-corrected chi connectivity index (χ0v) is 17.2. The molecule has 8 nitrogen and oxygen atoms in total. The van der Waals surface area contributed by atoms with Gasteiger partial charge in [-0.2, -0.15) is 0 Å². The number of methoxy groups -OCH3 is 2. The van der Waals surface area contributed by atoms with E-state index >= 15 is 0 Å². The number of hydrogen-bond acceptors (Lipinski definition) is 8. The Balaban J connectivity index is 1.74. The van der Waals surface area contributed by atoms with Crippen molar-refractivity contribution in [2.45, 2.75) is 26.4 Å². The number of esters is 1. The molecule has 0 aliphatic carbocycles. The molecule has 1 aromatic carbocycles. The summed E-state index contributed by atoms with van der Waals surface area (Å²) in [6.45, 7) is 4.18. The van der Waals surface area contributed by atoms with Gasteiger partial charge in [0.25, 0.3) is 4.84 Å². The predicted octanol–water partition coefficient (Wildman–Crippen LogP) is 3.12. The summed E-state index contributed by atoms with van der Waals surface area (Å²) in [5.74, 6) is 1.37. The van der Waals surface area contributed by atoms with Crippen LogP contribution in [0.2, 0.25) is 0 Å². The highest BCUT2D eigenvalue weighted by Crippen LogP contribution is 2.31. The molecule has 0 spiro atoms. The summed E-state index contributed by atoms with van der Waals surface area (Å²) in [4.78, 5) is 14.5. The first-order valence-corrected chi connectivity index (χ1v) is 9.65. The summed E-state index contributed by atoms with van der Waals surface area (Å²) < 4.78 is 23.1. The first kappa shape index (κ1) is 20.3. The van der Waals surface area contributed by atoms with Crippen molar-refractivity contribution < 1.29 is 23.4 Å². The summed E-state index contributed by atoms with van der Waals surface area (Å²) in [6, 6.07) is 5.42. The van der Waals surface area contributed by atoms with Gasteiger partial charge in [-0.3, -0.25) is 9.69 Å². The largest absolute Gasteiger partial charge is 0.493 e. The Bertz CT molecular complexity index is 879. The van der Waals surface area contributed by atoms with Crippen molar-refractivity contribution in [3.8, 4) is 23.0 Å². The third-order valence-corrected chi connectivity index (χ3v) is 4.99. The standard InChI is InChI=1S/C19H25N3O5S/c1-4-26-18(23)14-6-5-9-21(11-14)12-22-19(28)27-17(20-22)13-7-8-15(24-2)16(10-13)25-3/h7-8,10,14H,4-6,9,11-12H2,1-3H3/t14-/m1/s1. The van der Waals surface area contributed by atoms with E-state index in [0.29, 0.717) is 37.2 Å². The number of likely N-dealkylation sites (tertiary alicyclic amines) is 1. The van der Waals surface area contributed by atoms with Crippen molar-refractivity contribution in [1.82, 2.24) is 14.7 Å². The quantitative estimate of drug-likeness (QED) is 0.512. The van der Waals surface area contributed by atoms with Gasteiger partial charge in [0.15, 0.2) is 11.5 Å². The van der Waals surface area contributed by atoms with Gasteiger partial charge in [-0.1, -0.05) is 0 Å². The van der Waals surface area contributed by atoms with Gasteiger partial charge in [0.1, 0.15) is 0 Å². The van der Waals surface area contributed by atoms with Gasteiger partial charge in [-0.25, -0.2) is 4.68 Å². The van der Waals surface area contributed by atoms with Crippen LogP contribution < -0.4 is 9.47 Å². The highest BCUT2D eigenvalue weighted by molar-refractivity contribution is 7.71. The van der Waals surface area contributed by atoms with Crippen LogP contribution in [-0.4, -0.2) is 54.6 Å². The molecule has 3 rings (SSSR count). The maximum Gasteiger partial charge on any atom is 0.310 e. The Kier molecular flexibility index (Phi) is 6.69. The number of hydrogen-bond donors (Lipinski definition) is 0. The molecule has 1 saturated heterocycles. The van der Waals surface area contributed by atoms with Gasteiger partial charge in [0.05, 0.1) is 33.4 Å². The monoisotopic (exact) mass is 407 g/mol. The maximum atomic E-state index is 12.0. The van der Waals surface area contributed by atoms with Crippen LogP contribution in [0.4, 0.5) is 0 Å². The minimum Gasteiger partial charge on any atom is -0.493 e. The fourth-order valence-corrected chi connectivity index (χ4v) is 3.48. The minimum absolute atomic E-state index is 0.111. The van der Waals surface area contributed by atoms with Crippen LogP contribution in [0.25, 0.3) is 11.5 Å². The lowest BCUT2D eigenvalue weighted by Gasteiger charge is -2.30. The van der Waals surface area contributed by atoms with Crippen molar-refractivity contribution >= 4 is 18.2 Å².